The van der Waals surface area contributed by atoms with Crippen LogP contribution in [0.1, 0.15) is 22.8 Å². The maximum Gasteiger partial charge on any atom is 0.338 e. The van der Waals surface area contributed by atoms with E-state index in [1.165, 1.54) is 12.3 Å². The monoisotopic (exact) mass is 397 g/mol. The quantitative estimate of drug-likeness (QED) is 0.419. The van der Waals surface area contributed by atoms with Crippen LogP contribution in [0.2, 0.25) is 5.02 Å². The lowest BCUT2D eigenvalue weighted by Gasteiger charge is -2.11. The zero-order valence-electron chi connectivity index (χ0n) is 15.3. The molecule has 0 aliphatic carbocycles. The molecule has 144 valence electrons. The normalized spacial score (nSPS) is 10.4. The summed E-state index contributed by atoms with van der Waals surface area (Å²) >= 11 is 6.33. The number of hydrazine groups is 1. The number of pyridine rings is 1. The van der Waals surface area contributed by atoms with Crippen molar-refractivity contribution in [1.29, 1.82) is 0 Å². The number of nitrogens with one attached hydrogen (secondary N) is 2. The van der Waals surface area contributed by atoms with E-state index in [4.69, 9.17) is 21.1 Å². The third-order valence-electron chi connectivity index (χ3n) is 3.76. The van der Waals surface area contributed by atoms with E-state index in [-0.39, 0.29) is 5.88 Å². The molecule has 1 aromatic heterocycles. The van der Waals surface area contributed by atoms with Gasteiger partial charge in [0.05, 0.1) is 17.2 Å². The molecule has 0 aliphatic rings. The number of benzene rings is 2. The van der Waals surface area contributed by atoms with Gasteiger partial charge in [0.2, 0.25) is 5.88 Å². The molecule has 0 radical (unpaired) electrons. The Morgan fingerprint density at radius 2 is 1.93 bits per heavy atom. The van der Waals surface area contributed by atoms with Crippen molar-refractivity contribution < 1.29 is 14.3 Å². The number of para-hydroxylation sites is 1. The summed E-state index contributed by atoms with van der Waals surface area (Å²) in [5.74, 6) is 0.298. The fourth-order valence-corrected chi connectivity index (χ4v) is 2.67. The van der Waals surface area contributed by atoms with Gasteiger partial charge in [-0.05, 0) is 42.8 Å². The largest absolute Gasteiger partial charge is 0.462 e. The minimum atomic E-state index is -0.423. The summed E-state index contributed by atoms with van der Waals surface area (Å²) in [6, 6.07) is 18.4. The highest BCUT2D eigenvalue weighted by Crippen LogP contribution is 2.29. The van der Waals surface area contributed by atoms with Crippen LogP contribution in [0.25, 0.3) is 0 Å². The minimum absolute atomic E-state index is 0.268. The Morgan fingerprint density at radius 1 is 1.11 bits per heavy atom. The highest BCUT2D eigenvalue weighted by atomic mass is 35.5. The first-order valence-electron chi connectivity index (χ1n) is 8.79. The van der Waals surface area contributed by atoms with Crippen molar-refractivity contribution in [3.63, 3.8) is 0 Å². The predicted molar refractivity (Wildman–Crippen MR) is 109 cm³/mol. The van der Waals surface area contributed by atoms with Gasteiger partial charge in [-0.2, -0.15) is 0 Å². The third kappa shape index (κ3) is 5.45. The molecular weight excluding hydrogens is 378 g/mol. The molecule has 0 amide bonds. The average Bonchev–Trinajstić information content (AvgIpc) is 2.71. The van der Waals surface area contributed by atoms with E-state index in [1.807, 2.05) is 42.5 Å². The van der Waals surface area contributed by atoms with Crippen LogP contribution in [0, 0.1) is 0 Å². The van der Waals surface area contributed by atoms with Crippen LogP contribution in [0.15, 0.2) is 66.9 Å². The number of hydrogen-bond donors (Lipinski definition) is 2. The van der Waals surface area contributed by atoms with E-state index in [1.54, 1.807) is 19.1 Å². The van der Waals surface area contributed by atoms with Crippen molar-refractivity contribution in [3.8, 4) is 11.6 Å². The lowest BCUT2D eigenvalue weighted by atomic mass is 10.2. The van der Waals surface area contributed by atoms with Crippen LogP contribution >= 0.6 is 11.6 Å². The molecule has 0 bridgehead atoms. The van der Waals surface area contributed by atoms with Crippen molar-refractivity contribution in [2.45, 2.75) is 13.5 Å². The number of nitrogens with zero attached hydrogens (tertiary/aromatic N) is 1. The first-order valence-corrected chi connectivity index (χ1v) is 9.17. The second kappa shape index (κ2) is 9.73. The van der Waals surface area contributed by atoms with E-state index < -0.39 is 5.97 Å². The molecule has 2 aromatic carbocycles. The predicted octanol–water partition coefficient (Wildman–Crippen LogP) is 4.82. The van der Waals surface area contributed by atoms with Gasteiger partial charge in [0.15, 0.2) is 0 Å². The second-order valence-corrected chi connectivity index (χ2v) is 6.22. The second-order valence-electron chi connectivity index (χ2n) is 5.81. The summed E-state index contributed by atoms with van der Waals surface area (Å²) in [4.78, 5) is 15.9. The van der Waals surface area contributed by atoms with E-state index in [2.05, 4.69) is 15.8 Å². The first kappa shape index (κ1) is 19.7. The van der Waals surface area contributed by atoms with Gasteiger partial charge < -0.3 is 14.9 Å². The number of hydrogen-bond acceptors (Lipinski definition) is 6. The Labute approximate surface area is 168 Å². The number of halogens is 1. The van der Waals surface area contributed by atoms with Gasteiger partial charge in [0.25, 0.3) is 0 Å². The Hall–Kier alpha value is -3.09. The maximum atomic E-state index is 11.8. The molecule has 0 saturated carbocycles. The molecule has 0 unspecified atom stereocenters. The van der Waals surface area contributed by atoms with Gasteiger partial charge in [0, 0.05) is 24.5 Å². The fourth-order valence-electron chi connectivity index (χ4n) is 2.43. The zero-order chi connectivity index (χ0) is 19.8. The van der Waals surface area contributed by atoms with Gasteiger partial charge in [0.1, 0.15) is 5.75 Å². The van der Waals surface area contributed by atoms with Crippen LogP contribution in [0.4, 0.5) is 5.69 Å². The van der Waals surface area contributed by atoms with Gasteiger partial charge >= 0.3 is 5.97 Å². The molecule has 6 nitrogen and oxygen atoms in total. The molecule has 28 heavy (non-hydrogen) atoms. The summed E-state index contributed by atoms with van der Waals surface area (Å²) in [5.41, 5.74) is 8.57. The van der Waals surface area contributed by atoms with Crippen molar-refractivity contribution in [2.75, 3.05) is 12.0 Å². The lowest BCUT2D eigenvalue weighted by Crippen LogP contribution is -2.20. The van der Waals surface area contributed by atoms with Gasteiger partial charge in [-0.15, -0.1) is 0 Å². The summed E-state index contributed by atoms with van der Waals surface area (Å²) < 4.78 is 10.7. The van der Waals surface area contributed by atoms with Crippen LogP contribution in [0.5, 0.6) is 11.6 Å². The number of rotatable bonds is 8. The highest BCUT2D eigenvalue weighted by Gasteiger charge is 2.10. The molecule has 0 fully saturated rings. The van der Waals surface area contributed by atoms with Crippen LogP contribution < -0.4 is 15.6 Å². The number of anilines is 1. The van der Waals surface area contributed by atoms with Crippen LogP contribution in [-0.2, 0) is 11.3 Å². The summed E-state index contributed by atoms with van der Waals surface area (Å²) in [7, 11) is 0. The molecule has 0 saturated heterocycles. The minimum Gasteiger partial charge on any atom is -0.462 e. The smallest absolute Gasteiger partial charge is 0.338 e. The SMILES string of the molecule is CCOC(=O)c1ccnc(Oc2ccc(CNNc3ccccc3)cc2Cl)c1. The number of aromatic nitrogens is 1. The molecule has 7 heteroatoms. The fraction of sp³-hybridized carbons (Fsp3) is 0.143. The number of carbonyl (C=O) groups is 1. The Balaban J connectivity index is 1.61. The molecule has 0 atom stereocenters. The molecule has 1 heterocycles. The number of carbonyl (C=O) groups excluding carboxylic acids is 1. The third-order valence-corrected chi connectivity index (χ3v) is 4.05. The van der Waals surface area contributed by atoms with E-state index in [9.17, 15) is 4.79 Å². The summed E-state index contributed by atoms with van der Waals surface area (Å²) in [6.45, 7) is 2.63. The van der Waals surface area contributed by atoms with Crippen LogP contribution in [-0.4, -0.2) is 17.6 Å². The van der Waals surface area contributed by atoms with Crippen molar-refractivity contribution in [2.24, 2.45) is 0 Å². The summed E-state index contributed by atoms with van der Waals surface area (Å²) in [6.07, 6.45) is 1.49. The van der Waals surface area contributed by atoms with Crippen molar-refractivity contribution in [3.05, 3.63) is 83.0 Å². The molecule has 0 spiro atoms. The van der Waals surface area contributed by atoms with Gasteiger partial charge in [-0.3, -0.25) is 0 Å². The average molecular weight is 398 g/mol. The Morgan fingerprint density at radius 3 is 2.68 bits per heavy atom. The number of esters is 1. The van der Waals surface area contributed by atoms with E-state index in [0.717, 1.165) is 11.3 Å². The summed E-state index contributed by atoms with van der Waals surface area (Å²) in [5, 5.41) is 0.447. The highest BCUT2D eigenvalue weighted by molar-refractivity contribution is 6.32. The van der Waals surface area contributed by atoms with Crippen molar-refractivity contribution in [1.82, 2.24) is 10.4 Å². The van der Waals surface area contributed by atoms with Gasteiger partial charge in [-0.1, -0.05) is 35.9 Å². The Kier molecular flexibility index (Phi) is 6.84. The van der Waals surface area contributed by atoms with E-state index >= 15 is 0 Å². The van der Waals surface area contributed by atoms with E-state index in [0.29, 0.717) is 29.5 Å². The molecule has 3 aromatic rings. The standard InChI is InChI=1S/C21H20ClN3O3/c1-2-27-21(26)16-10-11-23-20(13-16)28-19-9-8-15(12-18(19)22)14-24-25-17-6-4-3-5-7-17/h3-13,24-25H,2,14H2,1H3. The molecule has 2 N–H and O–H groups in total. The molecular formula is C21H20ClN3O3. The molecule has 3 rings (SSSR count). The maximum absolute atomic E-state index is 11.8. The first-order chi connectivity index (χ1) is 13.7. The molecule has 0 aliphatic heterocycles. The number of ether oxygens (including phenoxy) is 2. The van der Waals surface area contributed by atoms with Crippen LogP contribution in [0.3, 0.4) is 0 Å². The zero-order valence-corrected chi connectivity index (χ0v) is 16.1. The van der Waals surface area contributed by atoms with Crippen molar-refractivity contribution >= 4 is 23.3 Å². The lowest BCUT2D eigenvalue weighted by molar-refractivity contribution is 0.0526. The van der Waals surface area contributed by atoms with Gasteiger partial charge in [-0.25, -0.2) is 15.2 Å². The topological polar surface area (TPSA) is 72.5 Å². The Bertz CT molecular complexity index is 935.